The highest BCUT2D eigenvalue weighted by molar-refractivity contribution is 6.30. The van der Waals surface area contributed by atoms with Gasteiger partial charge in [0.15, 0.2) is 0 Å². The molecule has 2 amide bonds. The monoisotopic (exact) mass is 474 g/mol. The lowest BCUT2D eigenvalue weighted by Gasteiger charge is -2.39. The number of carbonyl (C=O) groups excluding carboxylic acids is 2. The summed E-state index contributed by atoms with van der Waals surface area (Å²) in [6.45, 7) is 5.97. The van der Waals surface area contributed by atoms with Crippen LogP contribution in [0.25, 0.3) is 0 Å². The second-order valence-electron chi connectivity index (χ2n) is 8.65. The van der Waals surface area contributed by atoms with Crippen molar-refractivity contribution in [2.45, 2.75) is 38.8 Å². The number of likely N-dealkylation sites (tertiary alicyclic amines) is 1. The van der Waals surface area contributed by atoms with Crippen LogP contribution in [-0.4, -0.2) is 76.9 Å². The molecule has 2 saturated heterocycles. The first kappa shape index (κ1) is 23.6. The predicted molar refractivity (Wildman–Crippen MR) is 124 cm³/mol. The van der Waals surface area contributed by atoms with E-state index in [1.165, 1.54) is 0 Å². The zero-order chi connectivity index (χ0) is 23.2. The summed E-state index contributed by atoms with van der Waals surface area (Å²) in [4.78, 5) is 29.7. The molecular formula is C24H31ClN4O4. The van der Waals surface area contributed by atoms with Crippen molar-refractivity contribution in [3.63, 3.8) is 0 Å². The Labute approximate surface area is 199 Å². The van der Waals surface area contributed by atoms with E-state index in [0.717, 1.165) is 5.69 Å². The van der Waals surface area contributed by atoms with E-state index in [4.69, 9.17) is 21.1 Å². The van der Waals surface area contributed by atoms with Crippen LogP contribution in [0, 0.1) is 12.8 Å². The van der Waals surface area contributed by atoms with Crippen molar-refractivity contribution >= 4 is 23.4 Å². The summed E-state index contributed by atoms with van der Waals surface area (Å²) in [6.07, 6.45) is 2.97. The third-order valence-corrected chi connectivity index (χ3v) is 6.60. The lowest BCUT2D eigenvalue weighted by molar-refractivity contribution is -0.141. The molecule has 0 spiro atoms. The van der Waals surface area contributed by atoms with Gasteiger partial charge in [-0.25, -0.2) is 0 Å². The van der Waals surface area contributed by atoms with Gasteiger partial charge in [-0.1, -0.05) is 17.7 Å². The Bertz CT molecular complexity index is 959. The summed E-state index contributed by atoms with van der Waals surface area (Å²) in [7, 11) is 0. The molecule has 0 bridgehead atoms. The number of aryl methyl sites for hydroxylation is 2. The molecular weight excluding hydrogens is 444 g/mol. The highest BCUT2D eigenvalue weighted by atomic mass is 35.5. The number of carbonyl (C=O) groups is 2. The summed E-state index contributed by atoms with van der Waals surface area (Å²) in [5.74, 6) is 0.758. The summed E-state index contributed by atoms with van der Waals surface area (Å²) in [5.41, 5.74) is 1.03. The van der Waals surface area contributed by atoms with Gasteiger partial charge >= 0.3 is 0 Å². The van der Waals surface area contributed by atoms with Crippen molar-refractivity contribution in [3.8, 4) is 5.75 Å². The number of morpholine rings is 1. The van der Waals surface area contributed by atoms with E-state index >= 15 is 0 Å². The van der Waals surface area contributed by atoms with E-state index in [1.54, 1.807) is 18.3 Å². The summed E-state index contributed by atoms with van der Waals surface area (Å²) in [5, 5.41) is 4.87. The van der Waals surface area contributed by atoms with Crippen LogP contribution in [0.4, 0.5) is 0 Å². The fourth-order valence-corrected chi connectivity index (χ4v) is 4.64. The van der Waals surface area contributed by atoms with Crippen LogP contribution in [-0.2, 0) is 20.9 Å². The minimum atomic E-state index is -0.161. The molecule has 2 fully saturated rings. The fourth-order valence-electron chi connectivity index (χ4n) is 4.46. The van der Waals surface area contributed by atoms with Gasteiger partial charge in [0.25, 0.3) is 0 Å². The van der Waals surface area contributed by atoms with Crippen LogP contribution in [0.3, 0.4) is 0 Å². The van der Waals surface area contributed by atoms with Crippen molar-refractivity contribution in [3.05, 3.63) is 47.2 Å². The number of rotatable bonds is 7. The van der Waals surface area contributed by atoms with Crippen LogP contribution in [0.1, 0.15) is 25.0 Å². The van der Waals surface area contributed by atoms with Crippen molar-refractivity contribution in [2.24, 2.45) is 5.92 Å². The largest absolute Gasteiger partial charge is 0.490 e. The Morgan fingerprint density at radius 1 is 1.15 bits per heavy atom. The molecule has 8 nitrogen and oxygen atoms in total. The molecule has 1 aromatic carbocycles. The van der Waals surface area contributed by atoms with Gasteiger partial charge in [0, 0.05) is 74.8 Å². The first-order valence-electron chi connectivity index (χ1n) is 11.5. The van der Waals surface area contributed by atoms with Gasteiger partial charge in [-0.05, 0) is 31.2 Å². The Balaban J connectivity index is 1.41. The smallest absolute Gasteiger partial charge is 0.224 e. The van der Waals surface area contributed by atoms with Gasteiger partial charge in [-0.3, -0.25) is 14.3 Å². The lowest BCUT2D eigenvalue weighted by atomic mass is 9.90. The number of benzene rings is 1. The maximum atomic E-state index is 13.0. The maximum absolute atomic E-state index is 13.0. The van der Waals surface area contributed by atoms with E-state index in [1.807, 2.05) is 39.6 Å². The maximum Gasteiger partial charge on any atom is 0.224 e. The minimum Gasteiger partial charge on any atom is -0.490 e. The number of halogens is 1. The number of amides is 2. The van der Waals surface area contributed by atoms with E-state index in [9.17, 15) is 9.59 Å². The first-order valence-corrected chi connectivity index (χ1v) is 11.9. The molecule has 2 atom stereocenters. The number of aromatic nitrogens is 2. The van der Waals surface area contributed by atoms with Gasteiger partial charge < -0.3 is 19.3 Å². The molecule has 33 heavy (non-hydrogen) atoms. The Kier molecular flexibility index (Phi) is 7.88. The fraction of sp³-hybridized carbons (Fsp3) is 0.542. The standard InChI is InChI=1S/C24H31ClN4O4/c1-18-5-8-26-29(18)10-7-23(30)28-9-6-22(33-21-4-2-3-20(25)16-21)19(17-28)15-24(31)27-11-13-32-14-12-27/h2-5,8,16,19,22H,6-7,9-15,17H2,1H3/t19-,22-/m0/s1. The number of ether oxygens (including phenoxy) is 2. The molecule has 0 radical (unpaired) electrons. The van der Waals surface area contributed by atoms with Crippen LogP contribution < -0.4 is 4.74 Å². The quantitative estimate of drug-likeness (QED) is 0.616. The van der Waals surface area contributed by atoms with E-state index < -0.39 is 0 Å². The van der Waals surface area contributed by atoms with E-state index in [-0.39, 0.29) is 23.8 Å². The van der Waals surface area contributed by atoms with Gasteiger partial charge in [-0.15, -0.1) is 0 Å². The number of hydrogen-bond acceptors (Lipinski definition) is 5. The van der Waals surface area contributed by atoms with Crippen molar-refractivity contribution in [2.75, 3.05) is 39.4 Å². The first-order chi connectivity index (χ1) is 16.0. The molecule has 2 aliphatic rings. The highest BCUT2D eigenvalue weighted by Gasteiger charge is 2.35. The topological polar surface area (TPSA) is 76.9 Å². The highest BCUT2D eigenvalue weighted by Crippen LogP contribution is 2.28. The molecule has 1 aromatic heterocycles. The molecule has 2 aliphatic heterocycles. The molecule has 0 N–H and O–H groups in total. The molecule has 0 saturated carbocycles. The van der Waals surface area contributed by atoms with Crippen molar-refractivity contribution in [1.82, 2.24) is 19.6 Å². The summed E-state index contributed by atoms with van der Waals surface area (Å²) in [6, 6.07) is 9.23. The van der Waals surface area contributed by atoms with Gasteiger partial charge in [0.2, 0.25) is 11.8 Å². The Morgan fingerprint density at radius 2 is 1.97 bits per heavy atom. The molecule has 0 aliphatic carbocycles. The van der Waals surface area contributed by atoms with Crippen molar-refractivity contribution < 1.29 is 19.1 Å². The minimum absolute atomic E-state index is 0.0786. The summed E-state index contributed by atoms with van der Waals surface area (Å²) >= 11 is 6.13. The second kappa shape index (κ2) is 11.0. The molecule has 2 aromatic rings. The second-order valence-corrected chi connectivity index (χ2v) is 9.08. The van der Waals surface area contributed by atoms with Gasteiger partial charge in [0.05, 0.1) is 13.2 Å². The molecule has 3 heterocycles. The molecule has 4 rings (SSSR count). The molecule has 178 valence electrons. The van der Waals surface area contributed by atoms with Crippen LogP contribution in [0.15, 0.2) is 36.5 Å². The predicted octanol–water partition coefficient (Wildman–Crippen LogP) is 2.78. The molecule has 9 heteroatoms. The number of piperidine rings is 1. The third kappa shape index (κ3) is 6.26. The van der Waals surface area contributed by atoms with Crippen molar-refractivity contribution in [1.29, 1.82) is 0 Å². The lowest BCUT2D eigenvalue weighted by Crippen LogP contribution is -2.50. The van der Waals surface area contributed by atoms with E-state index in [0.29, 0.717) is 76.0 Å². The van der Waals surface area contributed by atoms with Crippen LogP contribution >= 0.6 is 11.6 Å². The molecule has 0 unspecified atom stereocenters. The third-order valence-electron chi connectivity index (χ3n) is 6.37. The summed E-state index contributed by atoms with van der Waals surface area (Å²) < 4.78 is 13.5. The average molecular weight is 475 g/mol. The normalized spacial score (nSPS) is 21.2. The zero-order valence-corrected chi connectivity index (χ0v) is 19.7. The van der Waals surface area contributed by atoms with Crippen LogP contribution in [0.5, 0.6) is 5.75 Å². The SMILES string of the molecule is Cc1ccnn1CCC(=O)N1CC[C@H](Oc2cccc(Cl)c2)[C@@H](CC(=O)N2CCOCC2)C1. The Morgan fingerprint density at radius 3 is 2.70 bits per heavy atom. The van der Waals surface area contributed by atoms with Gasteiger partial charge in [-0.2, -0.15) is 5.10 Å². The number of nitrogens with zero attached hydrogens (tertiary/aromatic N) is 4. The zero-order valence-electron chi connectivity index (χ0n) is 19.0. The van der Waals surface area contributed by atoms with Crippen LogP contribution in [0.2, 0.25) is 5.02 Å². The Hall–Kier alpha value is -2.58. The van der Waals surface area contributed by atoms with Gasteiger partial charge in [0.1, 0.15) is 11.9 Å². The van der Waals surface area contributed by atoms with E-state index in [2.05, 4.69) is 5.10 Å². The average Bonchev–Trinajstić information content (AvgIpc) is 3.23. The number of hydrogen-bond donors (Lipinski definition) is 0.